The van der Waals surface area contributed by atoms with Crippen LogP contribution in [0.4, 0.5) is 10.9 Å². The second kappa shape index (κ2) is 8.97. The molecule has 3 rings (SSSR count). The topological polar surface area (TPSA) is 122 Å². The molecule has 1 fully saturated rings. The summed E-state index contributed by atoms with van der Waals surface area (Å²) < 4.78 is 27.4. The van der Waals surface area contributed by atoms with E-state index in [9.17, 15) is 13.2 Å². The molecular formula is C18H22N6O4S2. The number of carbonyl (C=O) groups excluding carboxylic acids is 1. The lowest BCUT2D eigenvalue weighted by Crippen LogP contribution is -2.54. The number of hydrogen-bond donors (Lipinski definition) is 1. The highest BCUT2D eigenvalue weighted by Gasteiger charge is 2.35. The molecule has 0 aliphatic carbocycles. The SMILES string of the molecule is CC#C[C@H]1CN(S(=O)(=O)c2ccc(N)nc2)CCN1c1ncc(C(=O)N(C)OC)s1. The Morgan fingerprint density at radius 1 is 1.33 bits per heavy atom. The van der Waals surface area contributed by atoms with Crippen LogP contribution >= 0.6 is 11.3 Å². The van der Waals surface area contributed by atoms with Gasteiger partial charge in [0.15, 0.2) is 5.13 Å². The second-order valence-electron chi connectivity index (χ2n) is 6.38. The van der Waals surface area contributed by atoms with Gasteiger partial charge in [0.25, 0.3) is 5.91 Å². The standard InChI is InChI=1S/C18H22N6O4S2/c1-4-5-13-12-23(30(26,27)14-6-7-16(19)20-10-14)8-9-24(13)18-21-11-15(29-18)17(25)22(2)28-3/h6-7,10-11,13H,8-9,12H2,1-3H3,(H2,19,20)/t13-/m0/s1. The number of hydrogen-bond acceptors (Lipinski definition) is 9. The fourth-order valence-electron chi connectivity index (χ4n) is 2.92. The van der Waals surface area contributed by atoms with Crippen LogP contribution in [0.15, 0.2) is 29.4 Å². The lowest BCUT2D eigenvalue weighted by atomic mass is 10.2. The van der Waals surface area contributed by atoms with Crippen molar-refractivity contribution in [3.8, 4) is 11.8 Å². The number of carbonyl (C=O) groups is 1. The Labute approximate surface area is 179 Å². The molecule has 0 radical (unpaired) electrons. The Morgan fingerprint density at radius 2 is 2.10 bits per heavy atom. The molecule has 1 saturated heterocycles. The van der Waals surface area contributed by atoms with Crippen LogP contribution in [0.5, 0.6) is 0 Å². The Morgan fingerprint density at radius 3 is 2.73 bits per heavy atom. The molecule has 0 aromatic carbocycles. The Hall–Kier alpha value is -2.72. The van der Waals surface area contributed by atoms with Crippen molar-refractivity contribution in [2.45, 2.75) is 17.9 Å². The van der Waals surface area contributed by atoms with Crippen LogP contribution in [0.2, 0.25) is 0 Å². The predicted molar refractivity (Wildman–Crippen MR) is 113 cm³/mol. The summed E-state index contributed by atoms with van der Waals surface area (Å²) >= 11 is 1.21. The molecule has 0 spiro atoms. The van der Waals surface area contributed by atoms with Gasteiger partial charge < -0.3 is 10.6 Å². The lowest BCUT2D eigenvalue weighted by Gasteiger charge is -2.38. The Bertz CT molecular complexity index is 1070. The van der Waals surface area contributed by atoms with Crippen LogP contribution in [0.3, 0.4) is 0 Å². The maximum Gasteiger partial charge on any atom is 0.288 e. The maximum absolute atomic E-state index is 13.0. The number of nitrogen functional groups attached to an aromatic ring is 1. The van der Waals surface area contributed by atoms with Crippen molar-refractivity contribution < 1.29 is 18.0 Å². The second-order valence-corrected chi connectivity index (χ2v) is 9.32. The molecule has 1 amide bonds. The molecule has 1 atom stereocenters. The molecule has 30 heavy (non-hydrogen) atoms. The summed E-state index contributed by atoms with van der Waals surface area (Å²) in [5.74, 6) is 5.84. The van der Waals surface area contributed by atoms with E-state index in [1.165, 1.54) is 54.3 Å². The van der Waals surface area contributed by atoms with E-state index in [0.717, 1.165) is 5.06 Å². The first-order valence-electron chi connectivity index (χ1n) is 8.96. The summed E-state index contributed by atoms with van der Waals surface area (Å²) in [5, 5.41) is 1.72. The minimum atomic E-state index is -3.73. The van der Waals surface area contributed by atoms with E-state index in [4.69, 9.17) is 10.6 Å². The lowest BCUT2D eigenvalue weighted by molar-refractivity contribution is -0.0754. The van der Waals surface area contributed by atoms with Gasteiger partial charge in [-0.1, -0.05) is 17.3 Å². The number of nitrogens with zero attached hydrogens (tertiary/aromatic N) is 5. The molecule has 2 aromatic heterocycles. The number of nitrogens with two attached hydrogens (primary N) is 1. The average molecular weight is 451 g/mol. The highest BCUT2D eigenvalue weighted by molar-refractivity contribution is 7.89. The minimum Gasteiger partial charge on any atom is -0.384 e. The first kappa shape index (κ1) is 22.0. The highest BCUT2D eigenvalue weighted by Crippen LogP contribution is 2.28. The summed E-state index contributed by atoms with van der Waals surface area (Å²) in [5.41, 5.74) is 5.56. The molecule has 0 saturated carbocycles. The van der Waals surface area contributed by atoms with E-state index >= 15 is 0 Å². The van der Waals surface area contributed by atoms with Crippen LogP contribution in [0.25, 0.3) is 0 Å². The van der Waals surface area contributed by atoms with Gasteiger partial charge in [-0.15, -0.1) is 5.92 Å². The smallest absolute Gasteiger partial charge is 0.288 e. The van der Waals surface area contributed by atoms with Gasteiger partial charge in [0.05, 0.1) is 13.3 Å². The quantitative estimate of drug-likeness (QED) is 0.521. The van der Waals surface area contributed by atoms with Gasteiger partial charge in [0, 0.05) is 32.9 Å². The van der Waals surface area contributed by atoms with E-state index < -0.39 is 16.1 Å². The first-order valence-corrected chi connectivity index (χ1v) is 11.2. The largest absolute Gasteiger partial charge is 0.384 e. The van der Waals surface area contributed by atoms with Gasteiger partial charge in [-0.05, 0) is 19.1 Å². The molecular weight excluding hydrogens is 428 g/mol. The van der Waals surface area contributed by atoms with Crippen molar-refractivity contribution in [2.24, 2.45) is 0 Å². The first-order chi connectivity index (χ1) is 14.3. The summed E-state index contributed by atoms with van der Waals surface area (Å²) in [6, 6.07) is 2.49. The van der Waals surface area contributed by atoms with Gasteiger partial charge in [-0.25, -0.2) is 23.4 Å². The number of aromatic nitrogens is 2. The van der Waals surface area contributed by atoms with E-state index in [1.807, 2.05) is 4.90 Å². The van der Waals surface area contributed by atoms with Gasteiger partial charge in [-0.3, -0.25) is 9.63 Å². The zero-order valence-corrected chi connectivity index (χ0v) is 18.4. The fraction of sp³-hybridized carbons (Fsp3) is 0.389. The normalized spacial score (nSPS) is 17.3. The van der Waals surface area contributed by atoms with Gasteiger partial charge >= 0.3 is 0 Å². The molecule has 160 valence electrons. The van der Waals surface area contributed by atoms with E-state index in [1.54, 1.807) is 6.92 Å². The summed E-state index contributed by atoms with van der Waals surface area (Å²) in [4.78, 5) is 27.8. The number of sulfonamides is 1. The zero-order valence-electron chi connectivity index (χ0n) is 16.8. The molecule has 0 bridgehead atoms. The zero-order chi connectivity index (χ0) is 21.9. The average Bonchev–Trinajstić information content (AvgIpc) is 3.23. The summed E-state index contributed by atoms with van der Waals surface area (Å²) in [6.07, 6.45) is 2.74. The number of thiazole rings is 1. The molecule has 2 N–H and O–H groups in total. The minimum absolute atomic E-state index is 0.0816. The maximum atomic E-state index is 13.0. The van der Waals surface area contributed by atoms with Crippen LogP contribution in [-0.2, 0) is 14.9 Å². The van der Waals surface area contributed by atoms with Crippen molar-refractivity contribution in [3.63, 3.8) is 0 Å². The van der Waals surface area contributed by atoms with Crippen LogP contribution in [0.1, 0.15) is 16.6 Å². The molecule has 10 nitrogen and oxygen atoms in total. The predicted octanol–water partition coefficient (Wildman–Crippen LogP) is 0.657. The monoisotopic (exact) mass is 450 g/mol. The summed E-state index contributed by atoms with van der Waals surface area (Å²) in [7, 11) is -0.810. The highest BCUT2D eigenvalue weighted by atomic mass is 32.2. The van der Waals surface area contributed by atoms with Crippen LogP contribution < -0.4 is 10.6 Å². The summed E-state index contributed by atoms with van der Waals surface area (Å²) in [6.45, 7) is 2.48. The third-order valence-corrected chi connectivity index (χ3v) is 7.43. The molecule has 0 unspecified atom stereocenters. The van der Waals surface area contributed by atoms with Crippen molar-refractivity contribution in [1.82, 2.24) is 19.3 Å². The van der Waals surface area contributed by atoms with Gasteiger partial charge in [-0.2, -0.15) is 4.31 Å². The van der Waals surface area contributed by atoms with E-state index in [0.29, 0.717) is 16.6 Å². The van der Waals surface area contributed by atoms with E-state index in [2.05, 4.69) is 21.8 Å². The molecule has 12 heteroatoms. The number of rotatable bonds is 5. The van der Waals surface area contributed by atoms with Crippen molar-refractivity contribution in [3.05, 3.63) is 29.4 Å². The third-order valence-electron chi connectivity index (χ3n) is 4.56. The fourth-order valence-corrected chi connectivity index (χ4v) is 5.27. The molecule has 2 aromatic rings. The van der Waals surface area contributed by atoms with Gasteiger partial charge in [0.2, 0.25) is 10.0 Å². The Kier molecular flexibility index (Phi) is 6.57. The number of piperazine rings is 1. The number of amides is 1. The van der Waals surface area contributed by atoms with Gasteiger partial charge in [0.1, 0.15) is 21.6 Å². The molecule has 1 aliphatic rings. The van der Waals surface area contributed by atoms with Crippen molar-refractivity contribution >= 4 is 38.2 Å². The van der Waals surface area contributed by atoms with Crippen molar-refractivity contribution in [1.29, 1.82) is 0 Å². The van der Waals surface area contributed by atoms with Crippen LogP contribution in [-0.4, -0.2) is 73.5 Å². The van der Waals surface area contributed by atoms with Crippen LogP contribution in [0, 0.1) is 11.8 Å². The number of anilines is 2. The Balaban J connectivity index is 1.82. The number of hydroxylamine groups is 2. The van der Waals surface area contributed by atoms with E-state index in [-0.39, 0.29) is 29.7 Å². The number of pyridine rings is 1. The third kappa shape index (κ3) is 4.39. The van der Waals surface area contributed by atoms with Crippen molar-refractivity contribution in [2.75, 3.05) is 44.4 Å². The molecule has 1 aliphatic heterocycles. The molecule has 3 heterocycles.